The first-order valence-corrected chi connectivity index (χ1v) is 11.1. The number of methoxy groups -OCH3 is 1. The van der Waals surface area contributed by atoms with E-state index in [4.69, 9.17) is 28.6 Å². The minimum absolute atomic E-state index is 0.0336. The van der Waals surface area contributed by atoms with Gasteiger partial charge in [-0.05, 0) is 66.3 Å². The van der Waals surface area contributed by atoms with Gasteiger partial charge in [-0.15, -0.1) is 0 Å². The summed E-state index contributed by atoms with van der Waals surface area (Å²) < 4.78 is 5.22. The van der Waals surface area contributed by atoms with E-state index in [0.717, 1.165) is 5.56 Å². The Morgan fingerprint density at radius 1 is 1.03 bits per heavy atom. The van der Waals surface area contributed by atoms with E-state index in [0.29, 0.717) is 33.8 Å². The maximum Gasteiger partial charge on any atom is 0.256 e. The summed E-state index contributed by atoms with van der Waals surface area (Å²) in [5.41, 5.74) is 2.23. The molecule has 1 heterocycles. The van der Waals surface area contributed by atoms with Gasteiger partial charge in [0.2, 0.25) is 5.91 Å². The van der Waals surface area contributed by atoms with Gasteiger partial charge in [0, 0.05) is 17.3 Å². The van der Waals surface area contributed by atoms with E-state index in [2.05, 4.69) is 5.32 Å². The fourth-order valence-electron chi connectivity index (χ4n) is 3.68. The second-order valence-corrected chi connectivity index (χ2v) is 8.34. The van der Waals surface area contributed by atoms with Crippen molar-refractivity contribution in [3.63, 3.8) is 0 Å². The van der Waals surface area contributed by atoms with E-state index in [-0.39, 0.29) is 18.2 Å². The molecule has 0 aliphatic carbocycles. The Morgan fingerprint density at radius 2 is 1.70 bits per heavy atom. The van der Waals surface area contributed by atoms with Crippen molar-refractivity contribution in [2.75, 3.05) is 17.3 Å². The van der Waals surface area contributed by atoms with Crippen LogP contribution < -0.4 is 15.0 Å². The van der Waals surface area contributed by atoms with Gasteiger partial charge in [0.25, 0.3) is 5.91 Å². The van der Waals surface area contributed by atoms with Gasteiger partial charge in [0.1, 0.15) is 11.8 Å². The number of nitrogens with zero attached hydrogens (tertiary/aromatic N) is 2. The van der Waals surface area contributed by atoms with Gasteiger partial charge < -0.3 is 15.0 Å². The SMILES string of the molecule is COc1ccc(N2C(=O)[C@@H](CC(=O)Nc3ccccc3)N(Cc3ccc(Cl)cc3)C2=S)cc1. The molecule has 1 N–H and O–H groups in total. The summed E-state index contributed by atoms with van der Waals surface area (Å²) in [6, 6.07) is 22.8. The number of carbonyl (C=O) groups is 2. The third-order valence-electron chi connectivity index (χ3n) is 5.35. The zero-order valence-corrected chi connectivity index (χ0v) is 19.5. The highest BCUT2D eigenvalue weighted by molar-refractivity contribution is 7.80. The Balaban J connectivity index is 1.60. The van der Waals surface area contributed by atoms with Crippen molar-refractivity contribution < 1.29 is 14.3 Å². The molecule has 3 aromatic carbocycles. The first-order valence-electron chi connectivity index (χ1n) is 10.3. The van der Waals surface area contributed by atoms with Crippen LogP contribution >= 0.6 is 23.8 Å². The number of hydrogen-bond donors (Lipinski definition) is 1. The summed E-state index contributed by atoms with van der Waals surface area (Å²) in [5, 5.41) is 3.82. The molecule has 0 spiro atoms. The van der Waals surface area contributed by atoms with Gasteiger partial charge in [-0.3, -0.25) is 14.5 Å². The number of thiocarbonyl (C=S) groups is 1. The average Bonchev–Trinajstić information content (AvgIpc) is 3.05. The zero-order chi connectivity index (χ0) is 23.4. The number of hydrogen-bond acceptors (Lipinski definition) is 4. The van der Waals surface area contributed by atoms with Crippen LogP contribution in [0.5, 0.6) is 5.75 Å². The Morgan fingerprint density at radius 3 is 2.33 bits per heavy atom. The number of carbonyl (C=O) groups excluding carboxylic acids is 2. The standard InChI is InChI=1S/C25H22ClN3O3S/c1-32-21-13-11-20(12-14-21)29-24(31)22(15-23(30)27-19-5-3-2-4-6-19)28(25(29)33)16-17-7-9-18(26)10-8-17/h2-14,22H,15-16H2,1H3,(H,27,30)/t22-/m1/s1. The molecule has 1 aliphatic heterocycles. The first kappa shape index (κ1) is 22.8. The van der Waals surface area contributed by atoms with E-state index in [1.165, 1.54) is 4.90 Å². The summed E-state index contributed by atoms with van der Waals surface area (Å²) in [7, 11) is 1.58. The fourth-order valence-corrected chi connectivity index (χ4v) is 4.19. The van der Waals surface area contributed by atoms with Crippen molar-refractivity contribution in [3.8, 4) is 5.75 Å². The number of ether oxygens (including phenoxy) is 1. The molecule has 6 nitrogen and oxygen atoms in total. The van der Waals surface area contributed by atoms with E-state index >= 15 is 0 Å². The highest BCUT2D eigenvalue weighted by atomic mass is 35.5. The highest BCUT2D eigenvalue weighted by Gasteiger charge is 2.44. The topological polar surface area (TPSA) is 61.9 Å². The minimum atomic E-state index is -0.737. The quantitative estimate of drug-likeness (QED) is 0.489. The van der Waals surface area contributed by atoms with Crippen LogP contribution in [0.3, 0.4) is 0 Å². The molecule has 2 amide bonds. The maximum atomic E-state index is 13.5. The Hall–Kier alpha value is -3.42. The van der Waals surface area contributed by atoms with Crippen molar-refractivity contribution in [2.24, 2.45) is 0 Å². The van der Waals surface area contributed by atoms with E-state index in [1.54, 1.807) is 60.5 Å². The average molecular weight is 480 g/mol. The lowest BCUT2D eigenvalue weighted by molar-refractivity contribution is -0.124. The van der Waals surface area contributed by atoms with Crippen LogP contribution in [0.15, 0.2) is 78.9 Å². The minimum Gasteiger partial charge on any atom is -0.497 e. The summed E-state index contributed by atoms with van der Waals surface area (Å²) in [6.45, 7) is 0.373. The molecule has 4 rings (SSSR count). The molecule has 1 fully saturated rings. The largest absolute Gasteiger partial charge is 0.497 e. The number of anilines is 2. The molecule has 168 valence electrons. The van der Waals surface area contributed by atoms with Crippen LogP contribution in [0, 0.1) is 0 Å². The van der Waals surface area contributed by atoms with Gasteiger partial charge in [0.05, 0.1) is 19.2 Å². The van der Waals surface area contributed by atoms with Gasteiger partial charge >= 0.3 is 0 Å². The third-order valence-corrected chi connectivity index (χ3v) is 6.02. The maximum absolute atomic E-state index is 13.5. The van der Waals surface area contributed by atoms with Gasteiger partial charge in [-0.1, -0.05) is 41.9 Å². The number of para-hydroxylation sites is 1. The highest BCUT2D eigenvalue weighted by Crippen LogP contribution is 2.30. The van der Waals surface area contributed by atoms with Gasteiger partial charge in [-0.2, -0.15) is 0 Å². The molecule has 1 saturated heterocycles. The number of rotatable bonds is 7. The molecule has 0 radical (unpaired) electrons. The normalized spacial score (nSPS) is 15.6. The molecule has 0 unspecified atom stereocenters. The number of benzene rings is 3. The fraction of sp³-hybridized carbons (Fsp3) is 0.160. The van der Waals surface area contributed by atoms with Crippen molar-refractivity contribution in [2.45, 2.75) is 19.0 Å². The summed E-state index contributed by atoms with van der Waals surface area (Å²) in [5.74, 6) is 0.163. The second-order valence-electron chi connectivity index (χ2n) is 7.54. The smallest absolute Gasteiger partial charge is 0.256 e. The van der Waals surface area contributed by atoms with Crippen LogP contribution in [0.4, 0.5) is 11.4 Å². The summed E-state index contributed by atoms with van der Waals surface area (Å²) in [4.78, 5) is 29.5. The zero-order valence-electron chi connectivity index (χ0n) is 17.9. The van der Waals surface area contributed by atoms with Crippen LogP contribution in [-0.2, 0) is 16.1 Å². The predicted molar refractivity (Wildman–Crippen MR) is 134 cm³/mol. The lowest BCUT2D eigenvalue weighted by Gasteiger charge is -2.24. The number of nitrogens with one attached hydrogen (secondary N) is 1. The van der Waals surface area contributed by atoms with Crippen molar-refractivity contribution in [3.05, 3.63) is 89.4 Å². The van der Waals surface area contributed by atoms with E-state index in [9.17, 15) is 9.59 Å². The molecule has 0 saturated carbocycles. The molecule has 0 aromatic heterocycles. The summed E-state index contributed by atoms with van der Waals surface area (Å²) >= 11 is 11.7. The van der Waals surface area contributed by atoms with Crippen LogP contribution in [0.25, 0.3) is 0 Å². The molecular formula is C25H22ClN3O3S. The van der Waals surface area contributed by atoms with Crippen molar-refractivity contribution in [1.82, 2.24) is 4.90 Å². The molecule has 0 bridgehead atoms. The lowest BCUT2D eigenvalue weighted by Crippen LogP contribution is -2.37. The van der Waals surface area contributed by atoms with E-state index < -0.39 is 6.04 Å². The number of halogens is 1. The summed E-state index contributed by atoms with van der Waals surface area (Å²) in [6.07, 6.45) is -0.0336. The Labute approximate surface area is 202 Å². The Kier molecular flexibility index (Phi) is 6.91. The van der Waals surface area contributed by atoms with Crippen LogP contribution in [0.1, 0.15) is 12.0 Å². The molecule has 1 atom stereocenters. The second kappa shape index (κ2) is 10.0. The van der Waals surface area contributed by atoms with E-state index in [1.807, 2.05) is 30.3 Å². The van der Waals surface area contributed by atoms with Gasteiger partial charge in [-0.25, -0.2) is 0 Å². The lowest BCUT2D eigenvalue weighted by atomic mass is 10.1. The molecule has 8 heteroatoms. The first-order chi connectivity index (χ1) is 16.0. The monoisotopic (exact) mass is 479 g/mol. The van der Waals surface area contributed by atoms with Crippen LogP contribution in [-0.4, -0.2) is 35.0 Å². The van der Waals surface area contributed by atoms with Crippen molar-refractivity contribution in [1.29, 1.82) is 0 Å². The molecular weight excluding hydrogens is 458 g/mol. The van der Waals surface area contributed by atoms with Crippen LogP contribution in [0.2, 0.25) is 5.02 Å². The molecule has 3 aromatic rings. The third kappa shape index (κ3) is 5.16. The Bertz CT molecular complexity index is 1150. The van der Waals surface area contributed by atoms with Gasteiger partial charge in [0.15, 0.2) is 5.11 Å². The number of amides is 2. The molecule has 1 aliphatic rings. The van der Waals surface area contributed by atoms with Crippen molar-refractivity contribution >= 4 is 52.1 Å². The predicted octanol–water partition coefficient (Wildman–Crippen LogP) is 4.88. The molecule has 33 heavy (non-hydrogen) atoms.